The van der Waals surface area contributed by atoms with Crippen LogP contribution in [0.1, 0.15) is 35.7 Å². The number of nitrogens with one attached hydrogen (secondary N) is 1. The van der Waals surface area contributed by atoms with Gasteiger partial charge in [-0.2, -0.15) is 0 Å². The first-order valence-electron chi connectivity index (χ1n) is 9.57. The predicted molar refractivity (Wildman–Crippen MR) is 118 cm³/mol. The van der Waals surface area contributed by atoms with E-state index in [2.05, 4.69) is 21.2 Å². The van der Waals surface area contributed by atoms with E-state index in [-0.39, 0.29) is 24.2 Å². The summed E-state index contributed by atoms with van der Waals surface area (Å²) >= 11 is 3.40. The van der Waals surface area contributed by atoms with E-state index in [0.29, 0.717) is 30.3 Å². The third-order valence-corrected chi connectivity index (χ3v) is 4.94. The molecule has 1 heterocycles. The van der Waals surface area contributed by atoms with Gasteiger partial charge in [0.2, 0.25) is 5.91 Å². The molecule has 0 bridgehead atoms. The highest BCUT2D eigenvalue weighted by Crippen LogP contribution is 2.20. The van der Waals surface area contributed by atoms with E-state index in [1.54, 1.807) is 30.0 Å². The Kier molecular flexibility index (Phi) is 7.30. The molecule has 3 aromatic rings. The van der Waals surface area contributed by atoms with Crippen molar-refractivity contribution >= 4 is 33.4 Å². The average Bonchev–Trinajstić information content (AvgIpc) is 3.20. The molecular weight excluding hydrogens is 448 g/mol. The molecule has 0 fully saturated rings. The van der Waals surface area contributed by atoms with Crippen molar-refractivity contribution < 1.29 is 18.7 Å². The lowest BCUT2D eigenvalue weighted by Crippen LogP contribution is -2.27. The Balaban J connectivity index is 1.60. The van der Waals surface area contributed by atoms with E-state index in [4.69, 9.17) is 9.15 Å². The summed E-state index contributed by atoms with van der Waals surface area (Å²) in [6, 6.07) is 18.2. The van der Waals surface area contributed by atoms with Gasteiger partial charge in [-0.3, -0.25) is 9.59 Å². The summed E-state index contributed by atoms with van der Waals surface area (Å²) < 4.78 is 12.2. The Morgan fingerprint density at radius 2 is 1.90 bits per heavy atom. The normalized spacial score (nSPS) is 10.5. The molecule has 30 heavy (non-hydrogen) atoms. The predicted octanol–water partition coefficient (Wildman–Crippen LogP) is 5.24. The van der Waals surface area contributed by atoms with Crippen LogP contribution in [0.15, 0.2) is 69.6 Å². The van der Waals surface area contributed by atoms with Crippen LogP contribution < -0.4 is 10.1 Å². The minimum absolute atomic E-state index is 0.0140. The number of hydrogen-bond acceptors (Lipinski definition) is 4. The standard InChI is InChI=1S/C23H23BrN2O4/c1-3-26(16(2)27)14-17-6-4-8-19(12-17)25-23(28)22-11-10-21(30-22)15-29-20-9-5-7-18(24)13-20/h4-13H,3,14-15H2,1-2H3,(H,25,28). The molecule has 3 rings (SSSR count). The molecule has 0 radical (unpaired) electrons. The highest BCUT2D eigenvalue weighted by atomic mass is 79.9. The fraction of sp³-hybridized carbons (Fsp3) is 0.217. The highest BCUT2D eigenvalue weighted by molar-refractivity contribution is 9.10. The lowest BCUT2D eigenvalue weighted by Gasteiger charge is -2.19. The second kappa shape index (κ2) is 10.1. The molecule has 2 aromatic carbocycles. The molecule has 0 aliphatic rings. The maximum Gasteiger partial charge on any atom is 0.291 e. The van der Waals surface area contributed by atoms with Gasteiger partial charge < -0.3 is 19.4 Å². The SMILES string of the molecule is CCN(Cc1cccc(NC(=O)c2ccc(COc3cccc(Br)c3)o2)c1)C(C)=O. The summed E-state index contributed by atoms with van der Waals surface area (Å²) in [5.41, 5.74) is 1.58. The van der Waals surface area contributed by atoms with Crippen molar-refractivity contribution in [3.63, 3.8) is 0 Å². The fourth-order valence-corrected chi connectivity index (χ4v) is 3.27. The van der Waals surface area contributed by atoms with Gasteiger partial charge in [0.05, 0.1) is 0 Å². The van der Waals surface area contributed by atoms with Crippen molar-refractivity contribution in [3.8, 4) is 5.75 Å². The van der Waals surface area contributed by atoms with Crippen LogP contribution in [-0.2, 0) is 17.9 Å². The van der Waals surface area contributed by atoms with Crippen molar-refractivity contribution in [3.05, 3.63) is 82.2 Å². The second-order valence-electron chi connectivity index (χ2n) is 6.70. The van der Waals surface area contributed by atoms with Gasteiger partial charge in [0, 0.05) is 30.2 Å². The number of ether oxygens (including phenoxy) is 1. The molecular formula is C23H23BrN2O4. The molecule has 0 spiro atoms. The fourth-order valence-electron chi connectivity index (χ4n) is 2.90. The second-order valence-corrected chi connectivity index (χ2v) is 7.62. The number of amides is 2. The van der Waals surface area contributed by atoms with Crippen LogP contribution in [0.4, 0.5) is 5.69 Å². The maximum absolute atomic E-state index is 12.5. The number of carbonyl (C=O) groups is 2. The van der Waals surface area contributed by atoms with Gasteiger partial charge in [0.15, 0.2) is 5.76 Å². The van der Waals surface area contributed by atoms with Gasteiger partial charge in [0.1, 0.15) is 18.1 Å². The Hall–Kier alpha value is -3.06. The van der Waals surface area contributed by atoms with E-state index in [1.807, 2.05) is 49.4 Å². The monoisotopic (exact) mass is 470 g/mol. The van der Waals surface area contributed by atoms with Gasteiger partial charge in [0.25, 0.3) is 5.91 Å². The van der Waals surface area contributed by atoms with Crippen LogP contribution in [0.5, 0.6) is 5.75 Å². The zero-order valence-electron chi connectivity index (χ0n) is 16.9. The van der Waals surface area contributed by atoms with Crippen LogP contribution in [0.2, 0.25) is 0 Å². The van der Waals surface area contributed by atoms with Crippen LogP contribution in [0.25, 0.3) is 0 Å². The van der Waals surface area contributed by atoms with Gasteiger partial charge in [-0.15, -0.1) is 0 Å². The van der Waals surface area contributed by atoms with Crippen LogP contribution >= 0.6 is 15.9 Å². The Morgan fingerprint density at radius 1 is 1.10 bits per heavy atom. The number of hydrogen-bond donors (Lipinski definition) is 1. The summed E-state index contributed by atoms with van der Waals surface area (Å²) in [5, 5.41) is 2.83. The molecule has 7 heteroatoms. The topological polar surface area (TPSA) is 71.8 Å². The summed E-state index contributed by atoms with van der Waals surface area (Å²) in [7, 11) is 0. The average molecular weight is 471 g/mol. The molecule has 0 aliphatic carbocycles. The summed E-state index contributed by atoms with van der Waals surface area (Å²) in [6.45, 7) is 4.82. The summed E-state index contributed by atoms with van der Waals surface area (Å²) in [6.07, 6.45) is 0. The van der Waals surface area contributed by atoms with Crippen molar-refractivity contribution in [1.82, 2.24) is 4.90 Å². The van der Waals surface area contributed by atoms with Gasteiger partial charge in [-0.25, -0.2) is 0 Å². The quantitative estimate of drug-likeness (QED) is 0.488. The van der Waals surface area contributed by atoms with Gasteiger partial charge >= 0.3 is 0 Å². The first-order valence-corrected chi connectivity index (χ1v) is 10.4. The number of rotatable bonds is 8. The molecule has 0 aliphatic heterocycles. The molecule has 0 saturated heterocycles. The molecule has 1 aromatic heterocycles. The number of halogens is 1. The number of carbonyl (C=O) groups excluding carboxylic acids is 2. The van der Waals surface area contributed by atoms with Crippen LogP contribution in [0, 0.1) is 0 Å². The van der Waals surface area contributed by atoms with Crippen molar-refractivity contribution in [2.45, 2.75) is 27.0 Å². The van der Waals surface area contributed by atoms with E-state index >= 15 is 0 Å². The van der Waals surface area contributed by atoms with Gasteiger partial charge in [-0.1, -0.05) is 34.1 Å². The minimum Gasteiger partial charge on any atom is -0.486 e. The smallest absolute Gasteiger partial charge is 0.291 e. The zero-order valence-corrected chi connectivity index (χ0v) is 18.4. The molecule has 2 amide bonds. The Bertz CT molecular complexity index is 1030. The maximum atomic E-state index is 12.5. The van der Waals surface area contributed by atoms with Crippen LogP contribution in [0.3, 0.4) is 0 Å². The van der Waals surface area contributed by atoms with E-state index in [9.17, 15) is 9.59 Å². The Labute approximate surface area is 184 Å². The minimum atomic E-state index is -0.347. The zero-order chi connectivity index (χ0) is 21.5. The van der Waals surface area contributed by atoms with E-state index < -0.39 is 0 Å². The first-order chi connectivity index (χ1) is 14.4. The lowest BCUT2D eigenvalue weighted by molar-refractivity contribution is -0.129. The molecule has 156 valence electrons. The van der Waals surface area contributed by atoms with Gasteiger partial charge in [-0.05, 0) is 55.0 Å². The number of furan rings is 1. The largest absolute Gasteiger partial charge is 0.486 e. The lowest BCUT2D eigenvalue weighted by atomic mass is 10.2. The number of anilines is 1. The summed E-state index contributed by atoms with van der Waals surface area (Å²) in [4.78, 5) is 25.9. The molecule has 0 unspecified atom stereocenters. The molecule has 6 nitrogen and oxygen atoms in total. The number of nitrogens with zero attached hydrogens (tertiary/aromatic N) is 1. The van der Waals surface area contributed by atoms with E-state index in [1.165, 1.54) is 0 Å². The summed E-state index contributed by atoms with van der Waals surface area (Å²) in [5.74, 6) is 1.12. The van der Waals surface area contributed by atoms with Crippen LogP contribution in [-0.4, -0.2) is 23.3 Å². The molecule has 1 N–H and O–H groups in total. The third kappa shape index (κ3) is 5.97. The highest BCUT2D eigenvalue weighted by Gasteiger charge is 2.13. The van der Waals surface area contributed by atoms with Crippen molar-refractivity contribution in [2.75, 3.05) is 11.9 Å². The number of benzene rings is 2. The van der Waals surface area contributed by atoms with E-state index in [0.717, 1.165) is 10.0 Å². The van der Waals surface area contributed by atoms with Crippen molar-refractivity contribution in [1.29, 1.82) is 0 Å². The molecule has 0 saturated carbocycles. The molecule has 0 atom stereocenters. The third-order valence-electron chi connectivity index (χ3n) is 4.45. The first kappa shape index (κ1) is 21.6. The Morgan fingerprint density at radius 3 is 2.63 bits per heavy atom. The van der Waals surface area contributed by atoms with Crippen molar-refractivity contribution in [2.24, 2.45) is 0 Å².